The van der Waals surface area contributed by atoms with Crippen LogP contribution in [0.15, 0.2) is 66.9 Å². The van der Waals surface area contributed by atoms with E-state index in [1.165, 1.54) is 0 Å². The van der Waals surface area contributed by atoms with Gasteiger partial charge in [0.05, 0.1) is 11.6 Å². The van der Waals surface area contributed by atoms with Gasteiger partial charge in [0.25, 0.3) is 0 Å². The van der Waals surface area contributed by atoms with E-state index in [9.17, 15) is 0 Å². The Labute approximate surface area is 135 Å². The van der Waals surface area contributed by atoms with Crippen molar-refractivity contribution < 1.29 is 4.74 Å². The molecule has 1 heterocycles. The molecule has 112 valence electrons. The lowest BCUT2D eigenvalue weighted by molar-refractivity contribution is 0.294. The first-order chi connectivity index (χ1) is 11.2. The second-order valence-electron chi connectivity index (χ2n) is 5.36. The summed E-state index contributed by atoms with van der Waals surface area (Å²) in [5, 5.41) is 9.07. The molecule has 23 heavy (non-hydrogen) atoms. The number of aryl methyl sites for hydroxylation is 1. The molecule has 0 saturated heterocycles. The zero-order valence-corrected chi connectivity index (χ0v) is 12.9. The summed E-state index contributed by atoms with van der Waals surface area (Å²) in [5.74, 6) is 0.589. The van der Waals surface area contributed by atoms with Crippen LogP contribution in [0.1, 0.15) is 16.7 Å². The van der Waals surface area contributed by atoms with Crippen LogP contribution in [0, 0.1) is 18.3 Å². The lowest BCUT2D eigenvalue weighted by atomic mass is 10.0. The molecule has 0 atom stereocenters. The van der Waals surface area contributed by atoms with E-state index in [1.807, 2.05) is 67.6 Å². The minimum atomic E-state index is 0.496. The summed E-state index contributed by atoms with van der Waals surface area (Å²) < 4.78 is 5.69. The van der Waals surface area contributed by atoms with E-state index in [2.05, 4.69) is 11.1 Å². The van der Waals surface area contributed by atoms with Crippen molar-refractivity contribution >= 4 is 0 Å². The summed E-state index contributed by atoms with van der Waals surface area (Å²) in [6, 6.07) is 21.8. The van der Waals surface area contributed by atoms with E-state index in [0.29, 0.717) is 18.1 Å². The number of ether oxygens (including phenoxy) is 1. The molecule has 0 saturated carbocycles. The molecule has 1 aromatic heterocycles. The maximum Gasteiger partial charge on any atom is 0.213 e. The van der Waals surface area contributed by atoms with Crippen molar-refractivity contribution in [1.82, 2.24) is 4.98 Å². The third-order valence-corrected chi connectivity index (χ3v) is 3.51. The first-order valence-electron chi connectivity index (χ1n) is 7.39. The van der Waals surface area contributed by atoms with Crippen molar-refractivity contribution in [2.45, 2.75) is 13.5 Å². The van der Waals surface area contributed by atoms with E-state index in [4.69, 9.17) is 10.00 Å². The molecule has 2 aromatic carbocycles. The van der Waals surface area contributed by atoms with E-state index < -0.39 is 0 Å². The van der Waals surface area contributed by atoms with Crippen LogP contribution in [0.3, 0.4) is 0 Å². The summed E-state index contributed by atoms with van der Waals surface area (Å²) in [6.07, 6.45) is 1.77. The van der Waals surface area contributed by atoms with Crippen LogP contribution in [-0.4, -0.2) is 4.98 Å². The molecular weight excluding hydrogens is 284 g/mol. The van der Waals surface area contributed by atoms with Crippen molar-refractivity contribution in [3.05, 3.63) is 83.6 Å². The molecule has 3 aromatic rings. The van der Waals surface area contributed by atoms with Crippen LogP contribution in [0.4, 0.5) is 0 Å². The van der Waals surface area contributed by atoms with Crippen molar-refractivity contribution in [3.63, 3.8) is 0 Å². The Morgan fingerprint density at radius 2 is 1.83 bits per heavy atom. The molecule has 0 bridgehead atoms. The van der Waals surface area contributed by atoms with Crippen LogP contribution < -0.4 is 4.74 Å². The Hall–Kier alpha value is -3.12. The number of nitrogens with zero attached hydrogens (tertiary/aromatic N) is 2. The van der Waals surface area contributed by atoms with Crippen LogP contribution in [0.5, 0.6) is 5.88 Å². The first-order valence-corrected chi connectivity index (χ1v) is 7.39. The van der Waals surface area contributed by atoms with Gasteiger partial charge in [0, 0.05) is 17.8 Å². The maximum absolute atomic E-state index is 9.07. The largest absolute Gasteiger partial charge is 0.473 e. The standard InChI is InChI=1S/C20H16N2O/c1-15-9-17(12-21)11-19(10-15)18-7-8-20(22-13-18)23-14-16-5-3-2-4-6-16/h2-11,13H,14H2,1H3. The number of hydrogen-bond acceptors (Lipinski definition) is 3. The fraction of sp³-hybridized carbons (Fsp3) is 0.100. The summed E-state index contributed by atoms with van der Waals surface area (Å²) in [5.41, 5.74) is 4.78. The third kappa shape index (κ3) is 3.75. The topological polar surface area (TPSA) is 45.9 Å². The van der Waals surface area contributed by atoms with Crippen molar-refractivity contribution in [2.24, 2.45) is 0 Å². The van der Waals surface area contributed by atoms with Crippen LogP contribution in [0.2, 0.25) is 0 Å². The Balaban J connectivity index is 1.75. The van der Waals surface area contributed by atoms with Gasteiger partial charge in [-0.3, -0.25) is 0 Å². The highest BCUT2D eigenvalue weighted by molar-refractivity contribution is 5.65. The molecule has 3 rings (SSSR count). The minimum Gasteiger partial charge on any atom is -0.473 e. The number of hydrogen-bond donors (Lipinski definition) is 0. The van der Waals surface area contributed by atoms with Gasteiger partial charge in [-0.05, 0) is 41.8 Å². The number of rotatable bonds is 4. The number of pyridine rings is 1. The zero-order valence-electron chi connectivity index (χ0n) is 12.9. The SMILES string of the molecule is Cc1cc(C#N)cc(-c2ccc(OCc3ccccc3)nc2)c1. The number of benzene rings is 2. The summed E-state index contributed by atoms with van der Waals surface area (Å²) in [4.78, 5) is 4.35. The van der Waals surface area contributed by atoms with Gasteiger partial charge in [-0.1, -0.05) is 36.4 Å². The summed E-state index contributed by atoms with van der Waals surface area (Å²) in [6.45, 7) is 2.48. The third-order valence-electron chi connectivity index (χ3n) is 3.51. The van der Waals surface area contributed by atoms with Gasteiger partial charge in [-0.2, -0.15) is 5.26 Å². The zero-order chi connectivity index (χ0) is 16.1. The van der Waals surface area contributed by atoms with Crippen molar-refractivity contribution in [1.29, 1.82) is 5.26 Å². The molecule has 0 aliphatic carbocycles. The van der Waals surface area contributed by atoms with E-state index >= 15 is 0 Å². The average Bonchev–Trinajstić information content (AvgIpc) is 2.60. The Morgan fingerprint density at radius 1 is 1.00 bits per heavy atom. The smallest absolute Gasteiger partial charge is 0.213 e. The Morgan fingerprint density at radius 3 is 2.52 bits per heavy atom. The van der Waals surface area contributed by atoms with E-state index in [-0.39, 0.29) is 0 Å². The quantitative estimate of drug-likeness (QED) is 0.712. The van der Waals surface area contributed by atoms with Crippen molar-refractivity contribution in [3.8, 4) is 23.1 Å². The fourth-order valence-electron chi connectivity index (χ4n) is 2.38. The summed E-state index contributed by atoms with van der Waals surface area (Å²) in [7, 11) is 0. The molecule has 0 amide bonds. The molecule has 0 spiro atoms. The monoisotopic (exact) mass is 300 g/mol. The molecule has 3 nitrogen and oxygen atoms in total. The predicted octanol–water partition coefficient (Wildman–Crippen LogP) is 4.51. The molecule has 3 heteroatoms. The van der Waals surface area contributed by atoms with Crippen LogP contribution >= 0.6 is 0 Å². The molecule has 0 aliphatic heterocycles. The van der Waals surface area contributed by atoms with Gasteiger partial charge < -0.3 is 4.74 Å². The molecule has 0 unspecified atom stereocenters. The second-order valence-corrected chi connectivity index (χ2v) is 5.36. The maximum atomic E-state index is 9.07. The Bertz CT molecular complexity index is 834. The molecule has 0 radical (unpaired) electrons. The molecule has 0 aliphatic rings. The van der Waals surface area contributed by atoms with E-state index in [0.717, 1.165) is 22.3 Å². The van der Waals surface area contributed by atoms with Gasteiger partial charge in [-0.25, -0.2) is 4.98 Å². The fourth-order valence-corrected chi connectivity index (χ4v) is 2.38. The normalized spacial score (nSPS) is 10.1. The van der Waals surface area contributed by atoms with Gasteiger partial charge in [0.15, 0.2) is 0 Å². The Kier molecular flexibility index (Phi) is 4.35. The van der Waals surface area contributed by atoms with Crippen molar-refractivity contribution in [2.75, 3.05) is 0 Å². The highest BCUT2D eigenvalue weighted by Gasteiger charge is 2.03. The highest BCUT2D eigenvalue weighted by atomic mass is 16.5. The highest BCUT2D eigenvalue weighted by Crippen LogP contribution is 2.23. The lowest BCUT2D eigenvalue weighted by Gasteiger charge is -2.07. The molecule has 0 N–H and O–H groups in total. The lowest BCUT2D eigenvalue weighted by Crippen LogP contribution is -1.96. The van der Waals surface area contributed by atoms with Gasteiger partial charge in [-0.15, -0.1) is 0 Å². The van der Waals surface area contributed by atoms with Crippen LogP contribution in [0.25, 0.3) is 11.1 Å². The van der Waals surface area contributed by atoms with Gasteiger partial charge >= 0.3 is 0 Å². The average molecular weight is 300 g/mol. The molecular formula is C20H16N2O. The minimum absolute atomic E-state index is 0.496. The van der Waals surface area contributed by atoms with E-state index in [1.54, 1.807) is 6.20 Å². The number of nitriles is 1. The predicted molar refractivity (Wildman–Crippen MR) is 89.9 cm³/mol. The van der Waals surface area contributed by atoms with Gasteiger partial charge in [0.1, 0.15) is 6.61 Å². The van der Waals surface area contributed by atoms with Crippen LogP contribution in [-0.2, 0) is 6.61 Å². The van der Waals surface area contributed by atoms with Gasteiger partial charge in [0.2, 0.25) is 5.88 Å². The second kappa shape index (κ2) is 6.76. The first kappa shape index (κ1) is 14.8. The molecule has 0 fully saturated rings. The summed E-state index contributed by atoms with van der Waals surface area (Å²) >= 11 is 0. The number of aromatic nitrogens is 1.